The van der Waals surface area contributed by atoms with E-state index >= 15 is 0 Å². The van der Waals surface area contributed by atoms with Gasteiger partial charge in [0.25, 0.3) is 10.0 Å². The molecule has 3 rings (SSSR count). The summed E-state index contributed by atoms with van der Waals surface area (Å²) in [4.78, 5) is 2.43. The molecule has 1 aliphatic heterocycles. The van der Waals surface area contributed by atoms with Gasteiger partial charge >= 0.3 is 0 Å². The van der Waals surface area contributed by atoms with E-state index in [9.17, 15) is 8.42 Å². The molecule has 6 heteroatoms. The molecule has 23 heavy (non-hydrogen) atoms. The van der Waals surface area contributed by atoms with Crippen LogP contribution < -0.4 is 14.4 Å². The minimum atomic E-state index is -3.68. The highest BCUT2D eigenvalue weighted by atomic mass is 32.2. The first-order valence-electron chi connectivity index (χ1n) is 7.61. The summed E-state index contributed by atoms with van der Waals surface area (Å²) in [7, 11) is -2.22. The Hall–Kier alpha value is -2.21. The van der Waals surface area contributed by atoms with Crippen LogP contribution in [0.25, 0.3) is 0 Å². The van der Waals surface area contributed by atoms with Gasteiger partial charge in [-0.1, -0.05) is 12.1 Å². The maximum absolute atomic E-state index is 12.5. The van der Waals surface area contributed by atoms with Gasteiger partial charge in [-0.3, -0.25) is 4.72 Å². The maximum atomic E-state index is 12.5. The van der Waals surface area contributed by atoms with Crippen molar-refractivity contribution < 1.29 is 13.2 Å². The number of hydrogen-bond donors (Lipinski definition) is 1. The molecule has 0 atom stereocenters. The third-order valence-corrected chi connectivity index (χ3v) is 5.37. The normalized spacial score (nSPS) is 14.7. The Labute approximate surface area is 136 Å². The van der Waals surface area contributed by atoms with Gasteiger partial charge < -0.3 is 9.64 Å². The Morgan fingerprint density at radius 3 is 2.30 bits per heavy atom. The molecule has 0 radical (unpaired) electrons. The van der Waals surface area contributed by atoms with Gasteiger partial charge in [0.05, 0.1) is 7.11 Å². The molecule has 0 aromatic heterocycles. The number of hydrogen-bond acceptors (Lipinski definition) is 4. The van der Waals surface area contributed by atoms with Crippen molar-refractivity contribution >= 4 is 21.4 Å². The number of rotatable bonds is 5. The molecule has 1 N–H and O–H groups in total. The van der Waals surface area contributed by atoms with Crippen molar-refractivity contribution in [2.45, 2.75) is 17.7 Å². The summed E-state index contributed by atoms with van der Waals surface area (Å²) in [6.07, 6.45) is 2.42. The van der Waals surface area contributed by atoms with Gasteiger partial charge in [0.1, 0.15) is 10.6 Å². The lowest BCUT2D eigenvalue weighted by Gasteiger charge is -2.18. The minimum Gasteiger partial charge on any atom is -0.495 e. The molecule has 0 spiro atoms. The number of para-hydroxylation sites is 1. The van der Waals surface area contributed by atoms with Crippen molar-refractivity contribution in [2.75, 3.05) is 29.8 Å². The van der Waals surface area contributed by atoms with Gasteiger partial charge in [-0.25, -0.2) is 8.42 Å². The molecule has 122 valence electrons. The van der Waals surface area contributed by atoms with E-state index in [4.69, 9.17) is 4.74 Å². The third-order valence-electron chi connectivity index (χ3n) is 3.95. The fraction of sp³-hybridized carbons (Fsp3) is 0.294. The second kappa shape index (κ2) is 6.50. The molecule has 1 aliphatic rings. The van der Waals surface area contributed by atoms with E-state index in [-0.39, 0.29) is 4.90 Å². The van der Waals surface area contributed by atoms with Crippen LogP contribution in [0.5, 0.6) is 5.75 Å². The highest BCUT2D eigenvalue weighted by Gasteiger charge is 2.19. The number of benzene rings is 2. The van der Waals surface area contributed by atoms with Gasteiger partial charge in [-0.2, -0.15) is 0 Å². The van der Waals surface area contributed by atoms with E-state index in [1.807, 2.05) is 12.1 Å². The Morgan fingerprint density at radius 1 is 1.00 bits per heavy atom. The van der Waals surface area contributed by atoms with Crippen molar-refractivity contribution in [3.8, 4) is 5.75 Å². The minimum absolute atomic E-state index is 0.131. The van der Waals surface area contributed by atoms with Crippen LogP contribution in [-0.2, 0) is 10.0 Å². The first-order valence-corrected chi connectivity index (χ1v) is 9.09. The first-order chi connectivity index (χ1) is 11.1. The van der Waals surface area contributed by atoms with Crippen LogP contribution in [0.3, 0.4) is 0 Å². The van der Waals surface area contributed by atoms with E-state index in [0.717, 1.165) is 18.8 Å². The van der Waals surface area contributed by atoms with Crippen molar-refractivity contribution in [1.82, 2.24) is 0 Å². The number of sulfonamides is 1. The zero-order valence-corrected chi connectivity index (χ0v) is 13.8. The molecule has 1 fully saturated rings. The van der Waals surface area contributed by atoms with E-state index in [2.05, 4.69) is 9.62 Å². The van der Waals surface area contributed by atoms with Crippen LogP contribution in [0.4, 0.5) is 11.4 Å². The lowest BCUT2D eigenvalue weighted by atomic mass is 10.2. The smallest absolute Gasteiger partial charge is 0.265 e. The fourth-order valence-electron chi connectivity index (χ4n) is 2.77. The van der Waals surface area contributed by atoms with Crippen molar-refractivity contribution in [2.24, 2.45) is 0 Å². The highest BCUT2D eigenvalue weighted by molar-refractivity contribution is 7.92. The number of nitrogens with one attached hydrogen (secondary N) is 1. The summed E-state index contributed by atoms with van der Waals surface area (Å²) >= 11 is 0. The molecule has 2 aromatic rings. The van der Waals surface area contributed by atoms with Gasteiger partial charge in [-0.15, -0.1) is 0 Å². The molecule has 0 unspecified atom stereocenters. The van der Waals surface area contributed by atoms with E-state index in [1.54, 1.807) is 30.3 Å². The maximum Gasteiger partial charge on any atom is 0.265 e. The second-order valence-electron chi connectivity index (χ2n) is 5.50. The van der Waals surface area contributed by atoms with Crippen LogP contribution in [0, 0.1) is 0 Å². The predicted molar refractivity (Wildman–Crippen MR) is 91.7 cm³/mol. The van der Waals surface area contributed by atoms with Crippen LogP contribution in [0.2, 0.25) is 0 Å². The van der Waals surface area contributed by atoms with Gasteiger partial charge in [0.2, 0.25) is 0 Å². The Balaban J connectivity index is 1.80. The molecule has 0 aliphatic carbocycles. The number of methoxy groups -OCH3 is 1. The summed E-state index contributed by atoms with van der Waals surface area (Å²) in [5.41, 5.74) is 1.67. The number of anilines is 2. The SMILES string of the molecule is COc1ccccc1S(=O)(=O)Nc1ccc(N2CCCC2)cc1. The Kier molecular flexibility index (Phi) is 4.43. The third kappa shape index (κ3) is 3.42. The standard InChI is InChI=1S/C17H20N2O3S/c1-22-16-6-2-3-7-17(16)23(20,21)18-14-8-10-15(11-9-14)19-12-4-5-13-19/h2-3,6-11,18H,4-5,12-13H2,1H3. The van der Waals surface area contributed by atoms with Crippen LogP contribution in [0.1, 0.15) is 12.8 Å². The van der Waals surface area contributed by atoms with Gasteiger partial charge in [-0.05, 0) is 49.2 Å². The van der Waals surface area contributed by atoms with Crippen LogP contribution >= 0.6 is 0 Å². The molecule has 0 bridgehead atoms. The van der Waals surface area contributed by atoms with Crippen LogP contribution in [0.15, 0.2) is 53.4 Å². The van der Waals surface area contributed by atoms with Gasteiger partial charge in [0.15, 0.2) is 0 Å². The van der Waals surface area contributed by atoms with E-state index < -0.39 is 10.0 Å². The predicted octanol–water partition coefficient (Wildman–Crippen LogP) is 3.10. The summed E-state index contributed by atoms with van der Waals surface area (Å²) in [6, 6.07) is 14.1. The van der Waals surface area contributed by atoms with Gasteiger partial charge in [0, 0.05) is 24.5 Å². The molecule has 0 amide bonds. The van der Waals surface area contributed by atoms with Crippen molar-refractivity contribution in [3.63, 3.8) is 0 Å². The topological polar surface area (TPSA) is 58.6 Å². The molecule has 1 saturated heterocycles. The highest BCUT2D eigenvalue weighted by Crippen LogP contribution is 2.27. The lowest BCUT2D eigenvalue weighted by molar-refractivity contribution is 0.403. The van der Waals surface area contributed by atoms with Crippen molar-refractivity contribution in [1.29, 1.82) is 0 Å². The fourth-order valence-corrected chi connectivity index (χ4v) is 4.00. The summed E-state index contributed by atoms with van der Waals surface area (Å²) in [5.74, 6) is 0.327. The molecule has 1 heterocycles. The summed E-state index contributed by atoms with van der Waals surface area (Å²) in [5, 5.41) is 0. The molecule has 0 saturated carbocycles. The lowest BCUT2D eigenvalue weighted by Crippen LogP contribution is -2.17. The summed E-state index contributed by atoms with van der Waals surface area (Å²) < 4.78 is 32.8. The largest absolute Gasteiger partial charge is 0.495 e. The Bertz CT molecular complexity index is 767. The molecule has 2 aromatic carbocycles. The second-order valence-corrected chi connectivity index (χ2v) is 7.15. The van der Waals surface area contributed by atoms with E-state index in [0.29, 0.717) is 11.4 Å². The van der Waals surface area contributed by atoms with E-state index in [1.165, 1.54) is 26.0 Å². The number of nitrogens with zero attached hydrogens (tertiary/aromatic N) is 1. The monoisotopic (exact) mass is 332 g/mol. The quantitative estimate of drug-likeness (QED) is 0.914. The molecular formula is C17H20N2O3S. The first kappa shape index (κ1) is 15.7. The molecule has 5 nitrogen and oxygen atoms in total. The molecular weight excluding hydrogens is 312 g/mol. The number of ether oxygens (including phenoxy) is 1. The van der Waals surface area contributed by atoms with Crippen molar-refractivity contribution in [3.05, 3.63) is 48.5 Å². The average Bonchev–Trinajstić information content (AvgIpc) is 3.09. The summed E-state index contributed by atoms with van der Waals surface area (Å²) in [6.45, 7) is 2.12. The average molecular weight is 332 g/mol. The Morgan fingerprint density at radius 2 is 1.65 bits per heavy atom. The zero-order chi connectivity index (χ0) is 16.3. The zero-order valence-electron chi connectivity index (χ0n) is 13.0. The van der Waals surface area contributed by atoms with Crippen LogP contribution in [-0.4, -0.2) is 28.6 Å².